The highest BCUT2D eigenvalue weighted by Crippen LogP contribution is 2.27. The van der Waals surface area contributed by atoms with Gasteiger partial charge in [0.2, 0.25) is 5.95 Å². The number of benzene rings is 1. The molecule has 4 heterocycles. The van der Waals surface area contributed by atoms with E-state index < -0.39 is 0 Å². The summed E-state index contributed by atoms with van der Waals surface area (Å²) in [5.41, 5.74) is 0.928. The zero-order valence-corrected chi connectivity index (χ0v) is 18.3. The maximum atomic E-state index is 4.85. The van der Waals surface area contributed by atoms with E-state index in [4.69, 9.17) is 9.97 Å². The Balaban J connectivity index is 1.40. The number of pyridine rings is 2. The number of hydrogen-bond acceptors (Lipinski definition) is 8. The van der Waals surface area contributed by atoms with Gasteiger partial charge in [-0.15, -0.1) is 0 Å². The molecule has 0 saturated carbocycles. The quantitative estimate of drug-likeness (QED) is 0.519. The highest BCUT2D eigenvalue weighted by molar-refractivity contribution is 5.94. The normalized spacial score (nSPS) is 13.9. The van der Waals surface area contributed by atoms with Gasteiger partial charge in [-0.2, -0.15) is 9.97 Å². The van der Waals surface area contributed by atoms with Gasteiger partial charge in [-0.25, -0.2) is 4.98 Å². The van der Waals surface area contributed by atoms with Crippen molar-refractivity contribution < 1.29 is 0 Å². The van der Waals surface area contributed by atoms with Crippen LogP contribution in [0.2, 0.25) is 0 Å². The molecule has 1 saturated heterocycles. The fourth-order valence-corrected chi connectivity index (χ4v) is 3.89. The minimum Gasteiger partial charge on any atom is -0.363 e. The topological polar surface area (TPSA) is 73.3 Å². The summed E-state index contributed by atoms with van der Waals surface area (Å²) >= 11 is 0. The van der Waals surface area contributed by atoms with Crippen molar-refractivity contribution in [1.29, 1.82) is 0 Å². The fraction of sp³-hybridized carbons (Fsp3) is 0.250. The van der Waals surface area contributed by atoms with Crippen molar-refractivity contribution in [2.45, 2.75) is 0 Å². The van der Waals surface area contributed by atoms with Gasteiger partial charge >= 0.3 is 0 Å². The Hall–Kier alpha value is -3.94. The van der Waals surface area contributed by atoms with Crippen LogP contribution in [0, 0.1) is 0 Å². The van der Waals surface area contributed by atoms with Crippen LogP contribution >= 0.6 is 0 Å². The Kier molecular flexibility index (Phi) is 5.41. The van der Waals surface area contributed by atoms with Gasteiger partial charge in [-0.1, -0.05) is 30.3 Å². The van der Waals surface area contributed by atoms with E-state index in [0.29, 0.717) is 0 Å². The first-order chi connectivity index (χ1) is 15.7. The number of hydrogen-bond donors (Lipinski definition) is 1. The molecule has 0 unspecified atom stereocenters. The largest absolute Gasteiger partial charge is 0.363 e. The Morgan fingerprint density at radius 3 is 2.44 bits per heavy atom. The van der Waals surface area contributed by atoms with E-state index in [9.17, 15) is 0 Å². The summed E-state index contributed by atoms with van der Waals surface area (Å²) in [6.45, 7) is 3.43. The molecule has 4 aromatic rings. The van der Waals surface area contributed by atoms with E-state index in [-0.39, 0.29) is 0 Å². The zero-order valence-electron chi connectivity index (χ0n) is 18.3. The average molecular weight is 427 g/mol. The summed E-state index contributed by atoms with van der Waals surface area (Å²) in [5.74, 6) is 3.36. The molecule has 1 aliphatic heterocycles. The molecule has 5 rings (SSSR count). The summed E-state index contributed by atoms with van der Waals surface area (Å²) in [4.78, 5) is 25.1. The van der Waals surface area contributed by atoms with Gasteiger partial charge in [-0.3, -0.25) is 4.98 Å². The molecule has 3 aromatic heterocycles. The minimum atomic E-state index is 0.729. The number of aromatic nitrogens is 4. The van der Waals surface area contributed by atoms with Crippen molar-refractivity contribution in [3.8, 4) is 0 Å². The van der Waals surface area contributed by atoms with Gasteiger partial charge in [0.15, 0.2) is 0 Å². The van der Waals surface area contributed by atoms with Crippen LogP contribution in [-0.4, -0.2) is 60.2 Å². The first-order valence-corrected chi connectivity index (χ1v) is 10.7. The lowest BCUT2D eigenvalue weighted by Gasteiger charge is -2.35. The molecule has 1 fully saturated rings. The van der Waals surface area contributed by atoms with Gasteiger partial charge in [0.05, 0.1) is 11.9 Å². The Morgan fingerprint density at radius 1 is 0.875 bits per heavy atom. The maximum Gasteiger partial charge on any atom is 0.229 e. The summed E-state index contributed by atoms with van der Waals surface area (Å²) in [7, 11) is 3.99. The molecule has 32 heavy (non-hydrogen) atoms. The second-order valence-electron chi connectivity index (χ2n) is 8.00. The zero-order chi connectivity index (χ0) is 21.9. The lowest BCUT2D eigenvalue weighted by Crippen LogP contribution is -2.47. The Bertz CT molecular complexity index is 1200. The molecule has 0 aliphatic carbocycles. The van der Waals surface area contributed by atoms with Crippen LogP contribution in [0.25, 0.3) is 10.8 Å². The van der Waals surface area contributed by atoms with E-state index in [1.807, 2.05) is 67.9 Å². The van der Waals surface area contributed by atoms with Crippen molar-refractivity contribution >= 4 is 39.9 Å². The van der Waals surface area contributed by atoms with Crippen molar-refractivity contribution in [3.63, 3.8) is 0 Å². The van der Waals surface area contributed by atoms with Crippen molar-refractivity contribution in [2.75, 3.05) is 60.3 Å². The first-order valence-electron chi connectivity index (χ1n) is 10.7. The van der Waals surface area contributed by atoms with E-state index >= 15 is 0 Å². The SMILES string of the molecule is CN(C)c1cc(Nc2cncc3ccccc23)nc(N2CCN(c3ccccn3)CC2)n1. The van der Waals surface area contributed by atoms with Gasteiger partial charge < -0.3 is 20.0 Å². The second kappa shape index (κ2) is 8.66. The molecule has 0 atom stereocenters. The van der Waals surface area contributed by atoms with Crippen LogP contribution in [0.1, 0.15) is 0 Å². The maximum absolute atomic E-state index is 4.85. The van der Waals surface area contributed by atoms with Crippen LogP contribution in [0.5, 0.6) is 0 Å². The van der Waals surface area contributed by atoms with Gasteiger partial charge in [-0.05, 0) is 12.1 Å². The fourth-order valence-electron chi connectivity index (χ4n) is 3.89. The lowest BCUT2D eigenvalue weighted by atomic mass is 10.1. The first kappa shape index (κ1) is 20.0. The molecular formula is C24H26N8. The van der Waals surface area contributed by atoms with E-state index in [0.717, 1.165) is 66.0 Å². The summed E-state index contributed by atoms with van der Waals surface area (Å²) in [6.07, 6.45) is 5.55. The molecule has 1 aromatic carbocycles. The van der Waals surface area contributed by atoms with Gasteiger partial charge in [0, 0.05) is 69.5 Å². The molecular weight excluding hydrogens is 400 g/mol. The van der Waals surface area contributed by atoms with Crippen molar-refractivity contribution in [1.82, 2.24) is 19.9 Å². The van der Waals surface area contributed by atoms with Gasteiger partial charge in [0.25, 0.3) is 0 Å². The molecule has 0 bridgehead atoms. The third-order valence-corrected chi connectivity index (χ3v) is 5.63. The summed E-state index contributed by atoms with van der Waals surface area (Å²) in [6, 6.07) is 16.2. The predicted octanol–water partition coefficient (Wildman–Crippen LogP) is 3.56. The Morgan fingerprint density at radius 2 is 1.66 bits per heavy atom. The van der Waals surface area contributed by atoms with E-state index in [1.165, 1.54) is 0 Å². The van der Waals surface area contributed by atoms with Crippen LogP contribution in [-0.2, 0) is 0 Å². The molecule has 1 aliphatic rings. The smallest absolute Gasteiger partial charge is 0.229 e. The molecule has 0 amide bonds. The Labute approximate surface area is 187 Å². The van der Waals surface area contributed by atoms with Crippen molar-refractivity contribution in [3.05, 3.63) is 67.1 Å². The van der Waals surface area contributed by atoms with Crippen LogP contribution in [0.3, 0.4) is 0 Å². The number of anilines is 5. The molecule has 0 radical (unpaired) electrons. The van der Waals surface area contributed by atoms with Crippen molar-refractivity contribution in [2.24, 2.45) is 0 Å². The third kappa shape index (κ3) is 4.12. The van der Waals surface area contributed by atoms with Gasteiger partial charge in [0.1, 0.15) is 17.5 Å². The van der Waals surface area contributed by atoms with Crippen LogP contribution in [0.15, 0.2) is 67.1 Å². The lowest BCUT2D eigenvalue weighted by molar-refractivity contribution is 0.635. The highest BCUT2D eigenvalue weighted by Gasteiger charge is 2.21. The minimum absolute atomic E-state index is 0.729. The molecule has 1 N–H and O–H groups in total. The van der Waals surface area contributed by atoms with E-state index in [2.05, 4.69) is 43.3 Å². The van der Waals surface area contributed by atoms with Crippen LogP contribution < -0.4 is 20.0 Å². The van der Waals surface area contributed by atoms with Crippen LogP contribution in [0.4, 0.5) is 29.1 Å². The third-order valence-electron chi connectivity index (χ3n) is 5.63. The highest BCUT2D eigenvalue weighted by atomic mass is 15.3. The molecule has 8 nitrogen and oxygen atoms in total. The number of piperazine rings is 1. The molecule has 8 heteroatoms. The molecule has 162 valence electrons. The standard InChI is InChI=1S/C24H26N8/c1-30(2)23-15-21(27-20-17-25-16-18-7-3-4-8-19(18)20)28-24(29-23)32-13-11-31(12-14-32)22-9-5-6-10-26-22/h3-10,15-17H,11-14H2,1-2H3,(H,27,28,29). The number of fused-ring (bicyclic) bond motifs is 1. The average Bonchev–Trinajstić information content (AvgIpc) is 2.85. The number of nitrogens with zero attached hydrogens (tertiary/aromatic N) is 7. The monoisotopic (exact) mass is 426 g/mol. The number of rotatable bonds is 5. The second-order valence-corrected chi connectivity index (χ2v) is 8.00. The van der Waals surface area contributed by atoms with E-state index in [1.54, 1.807) is 0 Å². The predicted molar refractivity (Wildman–Crippen MR) is 130 cm³/mol. The summed E-state index contributed by atoms with van der Waals surface area (Å²) < 4.78 is 0. The molecule has 0 spiro atoms. The summed E-state index contributed by atoms with van der Waals surface area (Å²) in [5, 5.41) is 5.67. The number of nitrogens with one attached hydrogen (secondary N) is 1.